The summed E-state index contributed by atoms with van der Waals surface area (Å²) in [6, 6.07) is 8.02. The maximum Gasteiger partial charge on any atom is 0.221 e. The summed E-state index contributed by atoms with van der Waals surface area (Å²) in [5, 5.41) is 9.72. The van der Waals surface area contributed by atoms with Crippen LogP contribution in [0.25, 0.3) is 0 Å². The average molecular weight is 430 g/mol. The monoisotopic (exact) mass is 429 g/mol. The van der Waals surface area contributed by atoms with Crippen LogP contribution < -0.4 is 16.0 Å². The second-order valence-electron chi connectivity index (χ2n) is 8.63. The number of nitrogens with zero attached hydrogens (tertiary/aromatic N) is 2. The third-order valence-corrected chi connectivity index (χ3v) is 6.32. The van der Waals surface area contributed by atoms with Gasteiger partial charge >= 0.3 is 0 Å². The van der Waals surface area contributed by atoms with Crippen molar-refractivity contribution in [3.63, 3.8) is 0 Å². The number of ether oxygens (including phenoxy) is 1. The Kier molecular flexibility index (Phi) is 9.15. The first-order valence-corrected chi connectivity index (χ1v) is 11.8. The summed E-state index contributed by atoms with van der Waals surface area (Å²) in [7, 11) is 0. The number of benzene rings is 1. The topological polar surface area (TPSA) is 78.0 Å². The molecule has 172 valence electrons. The van der Waals surface area contributed by atoms with Gasteiger partial charge in [-0.2, -0.15) is 0 Å². The predicted octanol–water partition coefficient (Wildman–Crippen LogP) is 2.78. The van der Waals surface area contributed by atoms with Gasteiger partial charge in [0, 0.05) is 44.3 Å². The Labute approximate surface area is 187 Å². The van der Waals surface area contributed by atoms with Crippen LogP contribution in [0.5, 0.6) is 0 Å². The van der Waals surface area contributed by atoms with Crippen LogP contribution in [-0.4, -0.2) is 68.2 Å². The molecule has 2 fully saturated rings. The molecule has 1 aromatic rings. The zero-order valence-electron chi connectivity index (χ0n) is 19.2. The molecule has 3 N–H and O–H groups in total. The Hall–Kier alpha value is -2.12. The molecule has 1 aliphatic heterocycles. The van der Waals surface area contributed by atoms with E-state index in [0.29, 0.717) is 0 Å². The second-order valence-corrected chi connectivity index (χ2v) is 8.63. The van der Waals surface area contributed by atoms with Gasteiger partial charge in [-0.3, -0.25) is 14.7 Å². The smallest absolute Gasteiger partial charge is 0.221 e. The first-order valence-electron chi connectivity index (χ1n) is 11.8. The van der Waals surface area contributed by atoms with E-state index in [1.807, 2.05) is 12.1 Å². The van der Waals surface area contributed by atoms with Crippen molar-refractivity contribution in [3.05, 3.63) is 29.8 Å². The van der Waals surface area contributed by atoms with Crippen LogP contribution in [0.15, 0.2) is 29.3 Å². The van der Waals surface area contributed by atoms with Gasteiger partial charge in [0.2, 0.25) is 5.91 Å². The molecule has 0 bridgehead atoms. The maximum absolute atomic E-state index is 11.2. The summed E-state index contributed by atoms with van der Waals surface area (Å²) in [5.74, 6) is 0.851. The lowest BCUT2D eigenvalue weighted by Crippen LogP contribution is -2.56. The molecule has 0 aromatic heterocycles. The standard InChI is InChI=1S/C24H39N5O2/c1-3-25-23(26-14-11-21-7-9-22(10-8-21)28-20(2)30)27-19-24(12-5-4-6-13-24)29-15-17-31-18-16-29/h7-10H,3-6,11-19H2,1-2H3,(H,28,30)(H2,25,26,27). The molecule has 1 heterocycles. The highest BCUT2D eigenvalue weighted by Crippen LogP contribution is 2.34. The summed E-state index contributed by atoms with van der Waals surface area (Å²) >= 11 is 0. The third-order valence-electron chi connectivity index (χ3n) is 6.32. The number of rotatable bonds is 8. The SMILES string of the molecule is CCNC(=NCC1(N2CCOCC2)CCCCC1)NCCc1ccc(NC(C)=O)cc1. The Morgan fingerprint density at radius 1 is 1.10 bits per heavy atom. The minimum Gasteiger partial charge on any atom is -0.379 e. The van der Waals surface area contributed by atoms with Crippen molar-refractivity contribution in [2.24, 2.45) is 4.99 Å². The number of guanidine groups is 1. The van der Waals surface area contributed by atoms with Crippen molar-refractivity contribution in [2.75, 3.05) is 51.3 Å². The highest BCUT2D eigenvalue weighted by molar-refractivity contribution is 5.88. The number of anilines is 1. The van der Waals surface area contributed by atoms with Gasteiger partial charge in [0.15, 0.2) is 5.96 Å². The first-order chi connectivity index (χ1) is 15.1. The lowest BCUT2D eigenvalue weighted by molar-refractivity contribution is -0.114. The van der Waals surface area contributed by atoms with Crippen molar-refractivity contribution in [3.8, 4) is 0 Å². The number of carbonyl (C=O) groups excluding carboxylic acids is 1. The number of nitrogens with one attached hydrogen (secondary N) is 3. The molecule has 1 saturated carbocycles. The van der Waals surface area contributed by atoms with Crippen LogP contribution in [0.2, 0.25) is 0 Å². The summed E-state index contributed by atoms with van der Waals surface area (Å²) in [4.78, 5) is 18.8. The van der Waals surface area contributed by atoms with Gasteiger partial charge in [0.25, 0.3) is 0 Å². The number of amides is 1. The van der Waals surface area contributed by atoms with Gasteiger partial charge < -0.3 is 20.7 Å². The lowest BCUT2D eigenvalue weighted by Gasteiger charge is -2.47. The van der Waals surface area contributed by atoms with Gasteiger partial charge in [-0.25, -0.2) is 0 Å². The molecular formula is C24H39N5O2. The molecule has 0 atom stereocenters. The zero-order chi connectivity index (χ0) is 21.9. The molecule has 1 aliphatic carbocycles. The minimum atomic E-state index is -0.0475. The van der Waals surface area contributed by atoms with Gasteiger partial charge in [0.1, 0.15) is 0 Å². The summed E-state index contributed by atoms with van der Waals surface area (Å²) in [5.41, 5.74) is 2.25. The van der Waals surface area contributed by atoms with Crippen molar-refractivity contribution >= 4 is 17.6 Å². The molecule has 1 amide bonds. The zero-order valence-corrected chi connectivity index (χ0v) is 19.2. The highest BCUT2D eigenvalue weighted by atomic mass is 16.5. The number of hydrogen-bond donors (Lipinski definition) is 3. The molecule has 7 heteroatoms. The molecule has 31 heavy (non-hydrogen) atoms. The van der Waals surface area contributed by atoms with Crippen molar-refractivity contribution < 1.29 is 9.53 Å². The van der Waals surface area contributed by atoms with E-state index in [0.717, 1.165) is 64.0 Å². The Morgan fingerprint density at radius 2 is 1.81 bits per heavy atom. The van der Waals surface area contributed by atoms with E-state index in [1.165, 1.54) is 44.6 Å². The molecule has 0 radical (unpaired) electrons. The highest BCUT2D eigenvalue weighted by Gasteiger charge is 2.38. The fourth-order valence-corrected chi connectivity index (χ4v) is 4.67. The normalized spacial score (nSPS) is 19.6. The molecule has 3 rings (SSSR count). The molecule has 7 nitrogen and oxygen atoms in total. The van der Waals surface area contributed by atoms with E-state index >= 15 is 0 Å². The van der Waals surface area contributed by atoms with E-state index in [4.69, 9.17) is 9.73 Å². The fraction of sp³-hybridized carbons (Fsp3) is 0.667. The van der Waals surface area contributed by atoms with E-state index < -0.39 is 0 Å². The Balaban J connectivity index is 1.56. The molecule has 2 aliphatic rings. The number of morpholine rings is 1. The Morgan fingerprint density at radius 3 is 2.45 bits per heavy atom. The fourth-order valence-electron chi connectivity index (χ4n) is 4.67. The van der Waals surface area contributed by atoms with Crippen molar-refractivity contribution in [1.29, 1.82) is 0 Å². The van der Waals surface area contributed by atoms with Crippen LogP contribution >= 0.6 is 0 Å². The second kappa shape index (κ2) is 12.1. The predicted molar refractivity (Wildman–Crippen MR) is 127 cm³/mol. The van der Waals surface area contributed by atoms with Gasteiger partial charge in [0.05, 0.1) is 19.8 Å². The van der Waals surface area contributed by atoms with Crippen LogP contribution in [0, 0.1) is 0 Å². The number of aliphatic imine (C=N–C) groups is 1. The molecule has 0 spiro atoms. The molecule has 1 saturated heterocycles. The Bertz CT molecular complexity index is 707. The van der Waals surface area contributed by atoms with Gasteiger partial charge in [-0.1, -0.05) is 31.4 Å². The van der Waals surface area contributed by atoms with Crippen LogP contribution in [0.3, 0.4) is 0 Å². The summed E-state index contributed by atoms with van der Waals surface area (Å²) in [6.45, 7) is 9.86. The van der Waals surface area contributed by atoms with E-state index in [2.05, 4.69) is 39.9 Å². The van der Waals surface area contributed by atoms with Crippen molar-refractivity contribution in [1.82, 2.24) is 15.5 Å². The molecule has 0 unspecified atom stereocenters. The molecule has 1 aromatic carbocycles. The van der Waals surface area contributed by atoms with E-state index in [9.17, 15) is 4.79 Å². The summed E-state index contributed by atoms with van der Waals surface area (Å²) < 4.78 is 5.60. The molecular weight excluding hydrogens is 390 g/mol. The lowest BCUT2D eigenvalue weighted by atomic mass is 9.80. The van der Waals surface area contributed by atoms with E-state index in [1.54, 1.807) is 0 Å². The quantitative estimate of drug-likeness (QED) is 0.438. The van der Waals surface area contributed by atoms with Crippen molar-refractivity contribution in [2.45, 2.75) is 57.9 Å². The van der Waals surface area contributed by atoms with Crippen LogP contribution in [0.4, 0.5) is 5.69 Å². The maximum atomic E-state index is 11.2. The first kappa shape index (κ1) is 23.5. The van der Waals surface area contributed by atoms with Gasteiger partial charge in [-0.15, -0.1) is 0 Å². The minimum absolute atomic E-state index is 0.0475. The van der Waals surface area contributed by atoms with Gasteiger partial charge in [-0.05, 0) is 43.9 Å². The third kappa shape index (κ3) is 7.21. The average Bonchev–Trinajstić information content (AvgIpc) is 2.79. The summed E-state index contributed by atoms with van der Waals surface area (Å²) in [6.07, 6.45) is 7.30. The van der Waals surface area contributed by atoms with Crippen LogP contribution in [0.1, 0.15) is 51.5 Å². The number of hydrogen-bond acceptors (Lipinski definition) is 4. The number of carbonyl (C=O) groups is 1. The largest absolute Gasteiger partial charge is 0.379 e. The van der Waals surface area contributed by atoms with E-state index in [-0.39, 0.29) is 11.4 Å². The van der Waals surface area contributed by atoms with Crippen LogP contribution in [-0.2, 0) is 16.0 Å².